The highest BCUT2D eigenvalue weighted by Gasteiger charge is 2.21. The molecule has 204 valence electrons. The molecule has 0 aliphatic heterocycles. The van der Waals surface area contributed by atoms with E-state index in [4.69, 9.17) is 5.11 Å². The topological polar surface area (TPSA) is 109 Å². The Labute approximate surface area is 228 Å². The number of aryl methyl sites for hydroxylation is 3. The number of hydrogen-bond acceptors (Lipinski definition) is 4. The molecule has 2 aromatic carbocycles. The zero-order chi connectivity index (χ0) is 28.3. The van der Waals surface area contributed by atoms with Gasteiger partial charge in [-0.2, -0.15) is 5.10 Å². The molecule has 2 heterocycles. The number of aromatic nitrogens is 3. The second-order valence-corrected chi connectivity index (χ2v) is 10.3. The lowest BCUT2D eigenvalue weighted by molar-refractivity contribution is -0.137. The Balaban J connectivity index is 1.60. The van der Waals surface area contributed by atoms with Crippen LogP contribution in [0.15, 0.2) is 55.0 Å². The number of fused-ring (bicyclic) bond motifs is 1. The summed E-state index contributed by atoms with van der Waals surface area (Å²) in [6.07, 6.45) is 6.76. The fourth-order valence-corrected chi connectivity index (χ4v) is 4.73. The molecule has 4 aromatic rings. The average Bonchev–Trinajstić information content (AvgIpc) is 3.45. The van der Waals surface area contributed by atoms with Crippen molar-refractivity contribution < 1.29 is 19.5 Å². The number of carbonyl (C=O) groups excluding carboxylic acids is 2. The smallest absolute Gasteiger partial charge is 0.303 e. The Morgan fingerprint density at radius 2 is 1.85 bits per heavy atom. The Kier molecular flexibility index (Phi) is 8.18. The number of nitrogens with zero attached hydrogens (tertiary/aromatic N) is 4. The predicted octanol–water partition coefficient (Wildman–Crippen LogP) is 4.81. The van der Waals surface area contributed by atoms with Crippen molar-refractivity contribution in [2.75, 3.05) is 19.4 Å². The zero-order valence-corrected chi connectivity index (χ0v) is 23.1. The van der Waals surface area contributed by atoms with Gasteiger partial charge in [-0.25, -0.2) is 0 Å². The summed E-state index contributed by atoms with van der Waals surface area (Å²) in [5.74, 6) is -1.10. The first-order chi connectivity index (χ1) is 18.5. The third-order valence-corrected chi connectivity index (χ3v) is 6.86. The predicted molar refractivity (Wildman–Crippen MR) is 151 cm³/mol. The number of nitrogens with one attached hydrogen (secondary N) is 1. The second kappa shape index (κ2) is 11.6. The molecule has 1 unspecified atom stereocenters. The van der Waals surface area contributed by atoms with Crippen molar-refractivity contribution in [1.82, 2.24) is 19.2 Å². The molecule has 1 atom stereocenters. The van der Waals surface area contributed by atoms with Crippen molar-refractivity contribution >= 4 is 34.4 Å². The highest BCUT2D eigenvalue weighted by atomic mass is 16.4. The van der Waals surface area contributed by atoms with Gasteiger partial charge in [0.25, 0.3) is 5.91 Å². The Morgan fingerprint density at radius 3 is 2.51 bits per heavy atom. The van der Waals surface area contributed by atoms with Crippen molar-refractivity contribution in [2.24, 2.45) is 0 Å². The van der Waals surface area contributed by atoms with Crippen LogP contribution in [0, 0.1) is 13.8 Å². The largest absolute Gasteiger partial charge is 0.481 e. The molecule has 4 rings (SSSR count). The van der Waals surface area contributed by atoms with Crippen LogP contribution >= 0.6 is 0 Å². The molecule has 0 bridgehead atoms. The zero-order valence-electron chi connectivity index (χ0n) is 23.1. The number of rotatable bonds is 10. The molecule has 0 radical (unpaired) electrons. The number of carboxylic acid groups (broad SMARTS) is 1. The molecule has 39 heavy (non-hydrogen) atoms. The number of benzene rings is 2. The van der Waals surface area contributed by atoms with E-state index < -0.39 is 12.0 Å². The van der Waals surface area contributed by atoms with Gasteiger partial charge < -0.3 is 19.9 Å². The Bertz CT molecular complexity index is 1530. The van der Waals surface area contributed by atoms with E-state index in [1.165, 1.54) is 0 Å². The summed E-state index contributed by atoms with van der Waals surface area (Å²) in [5.41, 5.74) is 6.04. The molecule has 2 aromatic heterocycles. The van der Waals surface area contributed by atoms with E-state index in [2.05, 4.69) is 10.4 Å². The maximum atomic E-state index is 13.5. The van der Waals surface area contributed by atoms with Crippen LogP contribution in [0.3, 0.4) is 0 Å². The molecule has 2 amide bonds. The van der Waals surface area contributed by atoms with Gasteiger partial charge in [0.2, 0.25) is 5.91 Å². The Hall–Kier alpha value is -4.40. The molecule has 0 saturated carbocycles. The first kappa shape index (κ1) is 27.6. The monoisotopic (exact) mass is 529 g/mol. The summed E-state index contributed by atoms with van der Waals surface area (Å²) in [4.78, 5) is 38.6. The fourth-order valence-electron chi connectivity index (χ4n) is 4.73. The van der Waals surface area contributed by atoms with Crippen LogP contribution in [-0.4, -0.2) is 56.2 Å². The highest BCUT2D eigenvalue weighted by Crippen LogP contribution is 2.28. The van der Waals surface area contributed by atoms with Crippen LogP contribution < -0.4 is 5.32 Å². The first-order valence-electron chi connectivity index (χ1n) is 13.0. The van der Waals surface area contributed by atoms with Gasteiger partial charge in [0, 0.05) is 55.1 Å². The van der Waals surface area contributed by atoms with Gasteiger partial charge in [-0.15, -0.1) is 0 Å². The SMILES string of the molecule is Cc1cnn(Cc2ccc(CCCC(=O)O)c(NC(=O)C(C)n3cc(C)c4cc(C(=O)N(C)C)ccc43)c2)c1. The second-order valence-electron chi connectivity index (χ2n) is 10.3. The van der Waals surface area contributed by atoms with Gasteiger partial charge in [-0.05, 0) is 80.1 Å². The van der Waals surface area contributed by atoms with Crippen molar-refractivity contribution in [3.8, 4) is 0 Å². The number of amides is 2. The maximum Gasteiger partial charge on any atom is 0.303 e. The molecular weight excluding hydrogens is 494 g/mol. The highest BCUT2D eigenvalue weighted by molar-refractivity contribution is 6.00. The van der Waals surface area contributed by atoms with E-state index in [0.29, 0.717) is 30.6 Å². The minimum absolute atomic E-state index is 0.0606. The number of anilines is 1. The molecule has 0 aliphatic rings. The minimum Gasteiger partial charge on any atom is -0.481 e. The maximum absolute atomic E-state index is 13.5. The van der Waals surface area contributed by atoms with E-state index in [-0.39, 0.29) is 18.2 Å². The van der Waals surface area contributed by atoms with E-state index in [9.17, 15) is 14.4 Å². The van der Waals surface area contributed by atoms with Crippen LogP contribution in [0.4, 0.5) is 5.69 Å². The van der Waals surface area contributed by atoms with Crippen molar-refractivity contribution in [3.05, 3.63) is 82.8 Å². The quantitative estimate of drug-likeness (QED) is 0.306. The summed E-state index contributed by atoms with van der Waals surface area (Å²) in [7, 11) is 3.44. The van der Waals surface area contributed by atoms with E-state index in [1.54, 1.807) is 31.3 Å². The summed E-state index contributed by atoms with van der Waals surface area (Å²) in [5, 5.41) is 17.5. The normalized spacial score (nSPS) is 11.9. The van der Waals surface area contributed by atoms with Gasteiger partial charge >= 0.3 is 5.97 Å². The standard InChI is InChI=1S/C30H35N5O4/c1-19-15-31-34(16-19)18-22-9-10-23(7-6-8-28(36)37)26(13-22)32-29(38)21(3)35-17-20(2)25-14-24(11-12-27(25)35)30(39)33(4)5/h9-17,21H,6-8,18H2,1-5H3,(H,32,38)(H,36,37). The first-order valence-corrected chi connectivity index (χ1v) is 13.0. The van der Waals surface area contributed by atoms with Gasteiger partial charge in [0.15, 0.2) is 0 Å². The van der Waals surface area contributed by atoms with Crippen LogP contribution in [0.2, 0.25) is 0 Å². The lowest BCUT2D eigenvalue weighted by atomic mass is 10.0. The van der Waals surface area contributed by atoms with Crippen molar-refractivity contribution in [2.45, 2.75) is 52.6 Å². The third-order valence-electron chi connectivity index (χ3n) is 6.86. The van der Waals surface area contributed by atoms with E-state index in [1.807, 2.05) is 72.7 Å². The van der Waals surface area contributed by atoms with Crippen LogP contribution in [0.1, 0.15) is 58.4 Å². The molecule has 0 fully saturated rings. The summed E-state index contributed by atoms with van der Waals surface area (Å²) in [6, 6.07) is 10.9. The van der Waals surface area contributed by atoms with Crippen LogP contribution in [-0.2, 0) is 22.6 Å². The molecular formula is C30H35N5O4. The van der Waals surface area contributed by atoms with Gasteiger partial charge in [0.05, 0.1) is 12.7 Å². The molecule has 0 saturated heterocycles. The lowest BCUT2D eigenvalue weighted by Gasteiger charge is -2.18. The molecule has 9 nitrogen and oxygen atoms in total. The van der Waals surface area contributed by atoms with Crippen molar-refractivity contribution in [3.63, 3.8) is 0 Å². The summed E-state index contributed by atoms with van der Waals surface area (Å²) < 4.78 is 3.76. The molecule has 0 spiro atoms. The average molecular weight is 530 g/mol. The van der Waals surface area contributed by atoms with Gasteiger partial charge in [-0.1, -0.05) is 12.1 Å². The van der Waals surface area contributed by atoms with E-state index in [0.717, 1.165) is 33.2 Å². The van der Waals surface area contributed by atoms with E-state index >= 15 is 0 Å². The number of hydrogen-bond donors (Lipinski definition) is 2. The van der Waals surface area contributed by atoms with Crippen molar-refractivity contribution in [1.29, 1.82) is 0 Å². The lowest BCUT2D eigenvalue weighted by Crippen LogP contribution is -2.24. The Morgan fingerprint density at radius 1 is 1.08 bits per heavy atom. The summed E-state index contributed by atoms with van der Waals surface area (Å²) in [6.45, 7) is 6.34. The number of carbonyl (C=O) groups is 3. The fraction of sp³-hybridized carbons (Fsp3) is 0.333. The van der Waals surface area contributed by atoms with Crippen LogP contribution in [0.25, 0.3) is 10.9 Å². The number of aliphatic carboxylic acids is 1. The van der Waals surface area contributed by atoms with Gasteiger partial charge in [0.1, 0.15) is 6.04 Å². The third kappa shape index (κ3) is 6.37. The summed E-state index contributed by atoms with van der Waals surface area (Å²) >= 11 is 0. The molecule has 0 aliphatic carbocycles. The molecule has 2 N–H and O–H groups in total. The van der Waals surface area contributed by atoms with Crippen LogP contribution in [0.5, 0.6) is 0 Å². The minimum atomic E-state index is -0.842. The number of carboxylic acids is 1. The van der Waals surface area contributed by atoms with Gasteiger partial charge in [-0.3, -0.25) is 19.1 Å². The molecule has 9 heteroatoms.